The van der Waals surface area contributed by atoms with Crippen molar-refractivity contribution in [2.75, 3.05) is 44.7 Å². The van der Waals surface area contributed by atoms with Crippen molar-refractivity contribution in [1.29, 1.82) is 0 Å². The number of carbonyl (C=O) groups is 3. The van der Waals surface area contributed by atoms with Gasteiger partial charge in [0.05, 0.1) is 11.3 Å². The van der Waals surface area contributed by atoms with Crippen LogP contribution in [0.3, 0.4) is 0 Å². The summed E-state index contributed by atoms with van der Waals surface area (Å²) in [6.45, 7) is 1.76. The lowest BCUT2D eigenvalue weighted by atomic mass is 10.1. The number of esters is 1. The van der Waals surface area contributed by atoms with Gasteiger partial charge in [0.2, 0.25) is 10.0 Å². The van der Waals surface area contributed by atoms with Crippen molar-refractivity contribution < 1.29 is 27.5 Å². The molecule has 1 aromatic carbocycles. The van der Waals surface area contributed by atoms with Crippen LogP contribution < -0.4 is 15.5 Å². The van der Waals surface area contributed by atoms with Gasteiger partial charge in [-0.3, -0.25) is 10.1 Å². The molecule has 3 rings (SSSR count). The Morgan fingerprint density at radius 3 is 2.22 bits per heavy atom. The molecule has 0 atom stereocenters. The first-order valence-corrected chi connectivity index (χ1v) is 12.3. The third-order valence-electron chi connectivity index (χ3n) is 5.64. The molecule has 2 saturated heterocycles. The molecule has 11 heteroatoms. The van der Waals surface area contributed by atoms with E-state index in [0.717, 1.165) is 51.6 Å². The first-order valence-electron chi connectivity index (χ1n) is 10.9. The Morgan fingerprint density at radius 2 is 1.59 bits per heavy atom. The van der Waals surface area contributed by atoms with E-state index in [1.807, 2.05) is 10.2 Å². The van der Waals surface area contributed by atoms with Crippen LogP contribution >= 0.6 is 0 Å². The fourth-order valence-corrected chi connectivity index (χ4v) is 5.68. The second-order valence-electron chi connectivity index (χ2n) is 7.90. The van der Waals surface area contributed by atoms with Crippen molar-refractivity contribution in [3.05, 3.63) is 23.8 Å². The number of ether oxygens (including phenoxy) is 1. The Morgan fingerprint density at radius 1 is 0.969 bits per heavy atom. The number of urea groups is 1. The molecule has 2 fully saturated rings. The van der Waals surface area contributed by atoms with Crippen LogP contribution in [0.25, 0.3) is 0 Å². The smallest absolute Gasteiger partial charge is 0.338 e. The molecule has 0 unspecified atom stereocenters. The summed E-state index contributed by atoms with van der Waals surface area (Å²) in [6.07, 6.45) is 5.67. The molecule has 1 aromatic rings. The van der Waals surface area contributed by atoms with E-state index in [2.05, 4.69) is 5.32 Å². The molecule has 2 aliphatic rings. The molecule has 2 N–H and O–H groups in total. The highest BCUT2D eigenvalue weighted by atomic mass is 32.2. The van der Waals surface area contributed by atoms with Crippen molar-refractivity contribution in [1.82, 2.24) is 14.9 Å². The quantitative estimate of drug-likeness (QED) is 0.608. The van der Waals surface area contributed by atoms with Gasteiger partial charge in [0.25, 0.3) is 5.91 Å². The Bertz CT molecular complexity index is 953. The zero-order valence-electron chi connectivity index (χ0n) is 18.3. The molecule has 0 spiro atoms. The number of nitrogens with zero attached hydrogens (tertiary/aromatic N) is 2. The number of carbonyl (C=O) groups excluding carboxylic acids is 3. The van der Waals surface area contributed by atoms with Crippen LogP contribution in [0.5, 0.6) is 0 Å². The van der Waals surface area contributed by atoms with Gasteiger partial charge in [-0.1, -0.05) is 6.42 Å². The molecule has 2 heterocycles. The van der Waals surface area contributed by atoms with Crippen molar-refractivity contribution in [2.24, 2.45) is 0 Å². The summed E-state index contributed by atoms with van der Waals surface area (Å²) in [6, 6.07) is 3.78. The van der Waals surface area contributed by atoms with Crippen LogP contribution in [0.15, 0.2) is 23.1 Å². The fourth-order valence-electron chi connectivity index (χ4n) is 3.93. The SMILES string of the molecule is CNC(=O)NC(=O)COC(=O)c1ccc(N2CCCCC2)c(S(=O)(=O)N2CCCCC2)c1. The van der Waals surface area contributed by atoms with Gasteiger partial charge in [-0.15, -0.1) is 0 Å². The van der Waals surface area contributed by atoms with E-state index >= 15 is 0 Å². The minimum absolute atomic E-state index is 0.0362. The largest absolute Gasteiger partial charge is 0.452 e. The number of hydrogen-bond donors (Lipinski definition) is 2. The maximum atomic E-state index is 13.5. The zero-order valence-corrected chi connectivity index (χ0v) is 19.1. The molecular formula is C21H30N4O6S. The number of anilines is 1. The lowest BCUT2D eigenvalue weighted by Gasteiger charge is -2.33. The van der Waals surface area contributed by atoms with Gasteiger partial charge in [0.1, 0.15) is 4.90 Å². The number of rotatable bonds is 6. The minimum atomic E-state index is -3.80. The molecule has 3 amide bonds. The van der Waals surface area contributed by atoms with Gasteiger partial charge < -0.3 is 15.0 Å². The van der Waals surface area contributed by atoms with Gasteiger partial charge in [0.15, 0.2) is 6.61 Å². The number of benzene rings is 1. The first kappa shape index (κ1) is 24.0. The maximum Gasteiger partial charge on any atom is 0.338 e. The predicted molar refractivity (Wildman–Crippen MR) is 118 cm³/mol. The number of imide groups is 1. The average molecular weight is 467 g/mol. The third-order valence-corrected chi connectivity index (χ3v) is 7.57. The summed E-state index contributed by atoms with van der Waals surface area (Å²) < 4.78 is 33.4. The van der Waals surface area contributed by atoms with Crippen LogP contribution in [0.1, 0.15) is 48.9 Å². The number of nitrogens with one attached hydrogen (secondary N) is 2. The standard InChI is InChI=1S/C21H30N4O6S/c1-22-21(28)23-19(26)15-31-20(27)16-8-9-17(24-10-4-2-5-11-24)18(14-16)32(29,30)25-12-6-3-7-13-25/h8-9,14H,2-7,10-13,15H2,1H3,(H2,22,23,26,28). The highest BCUT2D eigenvalue weighted by Crippen LogP contribution is 2.32. The second kappa shape index (κ2) is 10.8. The highest BCUT2D eigenvalue weighted by Gasteiger charge is 2.31. The Kier molecular flexibility index (Phi) is 8.08. The molecule has 0 radical (unpaired) electrons. The third kappa shape index (κ3) is 5.77. The summed E-state index contributed by atoms with van der Waals surface area (Å²) in [5, 5.41) is 4.21. The summed E-state index contributed by atoms with van der Waals surface area (Å²) in [7, 11) is -2.45. The topological polar surface area (TPSA) is 125 Å². The molecule has 0 aliphatic carbocycles. The molecule has 10 nitrogen and oxygen atoms in total. The number of hydrogen-bond acceptors (Lipinski definition) is 7. The molecular weight excluding hydrogens is 436 g/mol. The number of sulfonamides is 1. The average Bonchev–Trinajstić information content (AvgIpc) is 2.83. The number of amides is 3. The molecule has 32 heavy (non-hydrogen) atoms. The fraction of sp³-hybridized carbons (Fsp3) is 0.571. The van der Waals surface area contributed by atoms with Crippen LogP contribution in [0.2, 0.25) is 0 Å². The normalized spacial score (nSPS) is 17.5. The van der Waals surface area contributed by atoms with Gasteiger partial charge in [0, 0.05) is 33.2 Å². The van der Waals surface area contributed by atoms with E-state index < -0.39 is 34.5 Å². The van der Waals surface area contributed by atoms with Crippen molar-refractivity contribution >= 4 is 33.6 Å². The zero-order chi connectivity index (χ0) is 23.1. The van der Waals surface area contributed by atoms with E-state index in [9.17, 15) is 22.8 Å². The van der Waals surface area contributed by atoms with Crippen LogP contribution in [0.4, 0.5) is 10.5 Å². The minimum Gasteiger partial charge on any atom is -0.452 e. The summed E-state index contributed by atoms with van der Waals surface area (Å²) >= 11 is 0. The highest BCUT2D eigenvalue weighted by molar-refractivity contribution is 7.89. The van der Waals surface area contributed by atoms with E-state index in [1.54, 1.807) is 6.07 Å². The lowest BCUT2D eigenvalue weighted by molar-refractivity contribution is -0.123. The van der Waals surface area contributed by atoms with Crippen molar-refractivity contribution in [3.63, 3.8) is 0 Å². The van der Waals surface area contributed by atoms with Gasteiger partial charge in [-0.25, -0.2) is 18.0 Å². The lowest BCUT2D eigenvalue weighted by Crippen LogP contribution is -2.39. The first-order chi connectivity index (χ1) is 15.3. The summed E-state index contributed by atoms with van der Waals surface area (Å²) in [4.78, 5) is 37.5. The Hall–Kier alpha value is -2.66. The van der Waals surface area contributed by atoms with E-state index in [1.165, 1.54) is 23.5 Å². The van der Waals surface area contributed by atoms with Crippen molar-refractivity contribution in [2.45, 2.75) is 43.4 Å². The second-order valence-corrected chi connectivity index (χ2v) is 9.80. The molecule has 0 aromatic heterocycles. The Labute approximate surface area is 188 Å². The van der Waals surface area contributed by atoms with Crippen molar-refractivity contribution in [3.8, 4) is 0 Å². The van der Waals surface area contributed by atoms with E-state index in [4.69, 9.17) is 4.74 Å². The van der Waals surface area contributed by atoms with E-state index in [0.29, 0.717) is 18.8 Å². The molecule has 0 bridgehead atoms. The van der Waals surface area contributed by atoms with E-state index in [-0.39, 0.29) is 10.5 Å². The van der Waals surface area contributed by atoms with Crippen LogP contribution in [-0.4, -0.2) is 70.5 Å². The molecule has 2 aliphatic heterocycles. The van der Waals surface area contributed by atoms with Gasteiger partial charge in [-0.05, 0) is 50.3 Å². The summed E-state index contributed by atoms with van der Waals surface area (Å²) in [5.74, 6) is -1.62. The predicted octanol–water partition coefficient (Wildman–Crippen LogP) is 1.46. The number of piperidine rings is 2. The molecule has 176 valence electrons. The van der Waals surface area contributed by atoms with Gasteiger partial charge in [-0.2, -0.15) is 4.31 Å². The monoisotopic (exact) mass is 466 g/mol. The van der Waals surface area contributed by atoms with Crippen LogP contribution in [0, 0.1) is 0 Å². The van der Waals surface area contributed by atoms with Crippen LogP contribution in [-0.2, 0) is 19.6 Å². The summed E-state index contributed by atoms with van der Waals surface area (Å²) in [5.41, 5.74) is 0.623. The van der Waals surface area contributed by atoms with Gasteiger partial charge >= 0.3 is 12.0 Å². The Balaban J connectivity index is 1.85. The maximum absolute atomic E-state index is 13.5. The molecule has 0 saturated carbocycles.